The molecule has 5 heteroatoms. The van der Waals surface area contributed by atoms with E-state index in [2.05, 4.69) is 28.9 Å². The summed E-state index contributed by atoms with van der Waals surface area (Å²) in [4.78, 5) is 11.6. The Kier molecular flexibility index (Phi) is 4.76. The first-order chi connectivity index (χ1) is 11.2. The molecular weight excluding hydrogens is 288 g/mol. The van der Waals surface area contributed by atoms with E-state index in [-0.39, 0.29) is 0 Å². The minimum Gasteiger partial charge on any atom is -0.497 e. The first-order valence-electron chi connectivity index (χ1n) is 8.22. The lowest BCUT2D eigenvalue weighted by Gasteiger charge is -2.32. The van der Waals surface area contributed by atoms with Gasteiger partial charge < -0.3 is 15.4 Å². The van der Waals surface area contributed by atoms with Crippen LogP contribution in [0.5, 0.6) is 5.75 Å². The molecule has 0 atom stereocenters. The number of ether oxygens (including phenoxy) is 1. The highest BCUT2D eigenvalue weighted by atomic mass is 16.5. The maximum absolute atomic E-state index is 6.03. The van der Waals surface area contributed by atoms with Crippen LogP contribution in [0, 0.1) is 0 Å². The standard InChI is InChI=1S/C18H24N4O/c1-3-17-20-12-16(22-10-8-14(19)9-11-22)18(21-17)13-4-6-15(23-2)7-5-13/h4-7,12,14H,3,8-11,19H2,1-2H3. The Labute approximate surface area is 137 Å². The summed E-state index contributed by atoms with van der Waals surface area (Å²) in [6, 6.07) is 8.36. The molecule has 122 valence electrons. The second kappa shape index (κ2) is 6.96. The van der Waals surface area contributed by atoms with Crippen LogP contribution in [0.25, 0.3) is 11.3 Å². The van der Waals surface area contributed by atoms with Crippen molar-refractivity contribution in [3.63, 3.8) is 0 Å². The molecule has 2 aromatic rings. The quantitative estimate of drug-likeness (QED) is 0.940. The minimum absolute atomic E-state index is 0.312. The molecule has 1 aromatic heterocycles. The Morgan fingerprint density at radius 1 is 1.22 bits per heavy atom. The number of rotatable bonds is 4. The summed E-state index contributed by atoms with van der Waals surface area (Å²) in [5.41, 5.74) is 9.21. The van der Waals surface area contributed by atoms with Crippen molar-refractivity contribution in [1.82, 2.24) is 9.97 Å². The van der Waals surface area contributed by atoms with E-state index in [4.69, 9.17) is 15.5 Å². The summed E-state index contributed by atoms with van der Waals surface area (Å²) >= 11 is 0. The van der Waals surface area contributed by atoms with Crippen molar-refractivity contribution in [3.05, 3.63) is 36.3 Å². The third kappa shape index (κ3) is 3.45. The van der Waals surface area contributed by atoms with E-state index in [1.807, 2.05) is 18.3 Å². The van der Waals surface area contributed by atoms with Crippen molar-refractivity contribution in [1.29, 1.82) is 0 Å². The Morgan fingerprint density at radius 2 is 1.91 bits per heavy atom. The smallest absolute Gasteiger partial charge is 0.128 e. The lowest BCUT2D eigenvalue weighted by molar-refractivity contribution is 0.415. The van der Waals surface area contributed by atoms with Gasteiger partial charge in [0.1, 0.15) is 11.6 Å². The number of hydrogen-bond acceptors (Lipinski definition) is 5. The van der Waals surface area contributed by atoms with Crippen molar-refractivity contribution >= 4 is 5.69 Å². The summed E-state index contributed by atoms with van der Waals surface area (Å²) in [6.07, 6.45) is 4.81. The Hall–Kier alpha value is -2.14. The average molecular weight is 312 g/mol. The SMILES string of the molecule is CCc1ncc(N2CCC(N)CC2)c(-c2ccc(OC)cc2)n1. The molecule has 0 saturated carbocycles. The predicted octanol–water partition coefficient (Wildman–Crippen LogP) is 2.64. The molecule has 2 N–H and O–H groups in total. The predicted molar refractivity (Wildman–Crippen MR) is 92.8 cm³/mol. The molecule has 0 amide bonds. The molecule has 0 aliphatic carbocycles. The second-order valence-electron chi connectivity index (χ2n) is 5.93. The minimum atomic E-state index is 0.312. The van der Waals surface area contributed by atoms with Gasteiger partial charge in [0.15, 0.2) is 0 Å². The van der Waals surface area contributed by atoms with Gasteiger partial charge in [0.25, 0.3) is 0 Å². The van der Waals surface area contributed by atoms with Crippen LogP contribution in [0.15, 0.2) is 30.5 Å². The highest BCUT2D eigenvalue weighted by molar-refractivity contribution is 5.75. The van der Waals surface area contributed by atoms with E-state index in [1.54, 1.807) is 7.11 Å². The van der Waals surface area contributed by atoms with Crippen molar-refractivity contribution < 1.29 is 4.74 Å². The van der Waals surface area contributed by atoms with Gasteiger partial charge >= 0.3 is 0 Å². The molecule has 5 nitrogen and oxygen atoms in total. The molecule has 0 unspecified atom stereocenters. The lowest BCUT2D eigenvalue weighted by Crippen LogP contribution is -2.40. The fourth-order valence-electron chi connectivity index (χ4n) is 2.92. The van der Waals surface area contributed by atoms with Crippen molar-refractivity contribution in [3.8, 4) is 17.0 Å². The molecule has 1 saturated heterocycles. The van der Waals surface area contributed by atoms with Gasteiger partial charge in [0.05, 0.1) is 24.7 Å². The van der Waals surface area contributed by atoms with Gasteiger partial charge in [-0.05, 0) is 37.1 Å². The number of hydrogen-bond donors (Lipinski definition) is 1. The van der Waals surface area contributed by atoms with Gasteiger partial charge in [-0.1, -0.05) is 6.92 Å². The Morgan fingerprint density at radius 3 is 2.52 bits per heavy atom. The highest BCUT2D eigenvalue weighted by Crippen LogP contribution is 2.31. The molecule has 0 radical (unpaired) electrons. The van der Waals surface area contributed by atoms with Gasteiger partial charge in [0.2, 0.25) is 0 Å². The van der Waals surface area contributed by atoms with E-state index in [0.29, 0.717) is 6.04 Å². The number of piperidine rings is 1. The van der Waals surface area contributed by atoms with Crippen LogP contribution in [0.3, 0.4) is 0 Å². The first-order valence-corrected chi connectivity index (χ1v) is 8.22. The molecule has 1 aliphatic rings. The van der Waals surface area contributed by atoms with Gasteiger partial charge in [-0.2, -0.15) is 0 Å². The molecule has 3 rings (SSSR count). The molecule has 1 aromatic carbocycles. The number of nitrogens with zero attached hydrogens (tertiary/aromatic N) is 3. The average Bonchev–Trinajstić information content (AvgIpc) is 2.62. The third-order valence-corrected chi connectivity index (χ3v) is 4.38. The van der Waals surface area contributed by atoms with E-state index in [0.717, 1.165) is 60.9 Å². The molecular formula is C18H24N4O. The van der Waals surface area contributed by atoms with Crippen LogP contribution in [-0.2, 0) is 6.42 Å². The van der Waals surface area contributed by atoms with Crippen LogP contribution < -0.4 is 15.4 Å². The third-order valence-electron chi connectivity index (χ3n) is 4.38. The lowest BCUT2D eigenvalue weighted by atomic mass is 10.0. The summed E-state index contributed by atoms with van der Waals surface area (Å²) in [6.45, 7) is 3.99. The number of benzene rings is 1. The maximum Gasteiger partial charge on any atom is 0.128 e. The summed E-state index contributed by atoms with van der Waals surface area (Å²) in [5, 5.41) is 0. The van der Waals surface area contributed by atoms with Crippen LogP contribution >= 0.6 is 0 Å². The van der Waals surface area contributed by atoms with Crippen molar-refractivity contribution in [2.75, 3.05) is 25.1 Å². The second-order valence-corrected chi connectivity index (χ2v) is 5.93. The normalized spacial score (nSPS) is 15.7. The Bertz CT molecular complexity index is 649. The zero-order valence-electron chi connectivity index (χ0n) is 13.8. The Balaban J connectivity index is 1.98. The number of aryl methyl sites for hydroxylation is 1. The summed E-state index contributed by atoms with van der Waals surface area (Å²) in [7, 11) is 1.68. The monoisotopic (exact) mass is 312 g/mol. The first kappa shape index (κ1) is 15.7. The van der Waals surface area contributed by atoms with Gasteiger partial charge in [-0.3, -0.25) is 0 Å². The van der Waals surface area contributed by atoms with E-state index in [1.165, 1.54) is 0 Å². The van der Waals surface area contributed by atoms with Crippen LogP contribution in [0.1, 0.15) is 25.6 Å². The van der Waals surface area contributed by atoms with E-state index < -0.39 is 0 Å². The van der Waals surface area contributed by atoms with Crippen molar-refractivity contribution in [2.24, 2.45) is 5.73 Å². The van der Waals surface area contributed by atoms with Crippen LogP contribution in [0.2, 0.25) is 0 Å². The molecule has 1 fully saturated rings. The van der Waals surface area contributed by atoms with E-state index >= 15 is 0 Å². The summed E-state index contributed by atoms with van der Waals surface area (Å²) in [5.74, 6) is 1.72. The molecule has 23 heavy (non-hydrogen) atoms. The highest BCUT2D eigenvalue weighted by Gasteiger charge is 2.20. The topological polar surface area (TPSA) is 64.3 Å². The number of aromatic nitrogens is 2. The molecule has 1 aliphatic heterocycles. The zero-order chi connectivity index (χ0) is 16.2. The molecule has 0 spiro atoms. The van der Waals surface area contributed by atoms with E-state index in [9.17, 15) is 0 Å². The largest absolute Gasteiger partial charge is 0.497 e. The summed E-state index contributed by atoms with van der Waals surface area (Å²) < 4.78 is 5.25. The van der Waals surface area contributed by atoms with Crippen LogP contribution in [0.4, 0.5) is 5.69 Å². The van der Waals surface area contributed by atoms with Crippen LogP contribution in [-0.4, -0.2) is 36.2 Å². The molecule has 0 bridgehead atoms. The number of anilines is 1. The van der Waals surface area contributed by atoms with Crippen molar-refractivity contribution in [2.45, 2.75) is 32.2 Å². The molecule has 2 heterocycles. The number of methoxy groups -OCH3 is 1. The van der Waals surface area contributed by atoms with Gasteiger partial charge in [-0.25, -0.2) is 9.97 Å². The zero-order valence-corrected chi connectivity index (χ0v) is 13.8. The maximum atomic E-state index is 6.03. The van der Waals surface area contributed by atoms with Gasteiger partial charge in [-0.15, -0.1) is 0 Å². The van der Waals surface area contributed by atoms with Gasteiger partial charge in [0, 0.05) is 31.1 Å². The fourth-order valence-corrected chi connectivity index (χ4v) is 2.92. The fraction of sp³-hybridized carbons (Fsp3) is 0.444. The number of nitrogens with two attached hydrogens (primary N) is 1.